The van der Waals surface area contributed by atoms with Crippen LogP contribution in [0.15, 0.2) is 24.3 Å². The maximum Gasteiger partial charge on any atom is 0.276 e. The minimum atomic E-state index is -0.0425. The summed E-state index contributed by atoms with van der Waals surface area (Å²) in [7, 11) is 1.91. The highest BCUT2D eigenvalue weighted by atomic mass is 16.5. The average Bonchev–Trinajstić information content (AvgIpc) is 3.69. The second-order valence-corrected chi connectivity index (χ2v) is 11.2. The molecule has 0 spiro atoms. The van der Waals surface area contributed by atoms with Crippen LogP contribution >= 0.6 is 0 Å². The molecule has 1 unspecified atom stereocenters. The van der Waals surface area contributed by atoms with Crippen molar-refractivity contribution in [1.82, 2.24) is 24.8 Å². The lowest BCUT2D eigenvalue weighted by Gasteiger charge is -2.29. The van der Waals surface area contributed by atoms with Gasteiger partial charge in [-0.05, 0) is 61.6 Å². The van der Waals surface area contributed by atoms with E-state index in [1.54, 1.807) is 4.68 Å². The number of rotatable bonds is 8. The molecule has 2 atom stereocenters. The van der Waals surface area contributed by atoms with Gasteiger partial charge in [0.05, 0.1) is 24.6 Å². The van der Waals surface area contributed by atoms with E-state index in [0.29, 0.717) is 50.8 Å². The smallest absolute Gasteiger partial charge is 0.276 e. The fourth-order valence-electron chi connectivity index (χ4n) is 6.71. The Morgan fingerprint density at radius 3 is 2.49 bits per heavy atom. The van der Waals surface area contributed by atoms with Crippen molar-refractivity contribution in [3.63, 3.8) is 0 Å². The molecule has 1 aliphatic heterocycles. The summed E-state index contributed by atoms with van der Waals surface area (Å²) >= 11 is 0. The van der Waals surface area contributed by atoms with E-state index < -0.39 is 0 Å². The lowest BCUT2D eigenvalue weighted by Crippen LogP contribution is -2.40. The molecule has 37 heavy (non-hydrogen) atoms. The average molecular weight is 508 g/mol. The number of amides is 2. The molecule has 1 saturated heterocycles. The minimum absolute atomic E-state index is 0.0425. The fraction of sp³-hybridized carbons (Fsp3) is 0.655. The molecule has 1 aromatic heterocycles. The first-order valence-electron chi connectivity index (χ1n) is 14.1. The normalized spacial score (nSPS) is 22.5. The molecule has 2 heterocycles. The predicted octanol–water partition coefficient (Wildman–Crippen LogP) is 4.05. The van der Waals surface area contributed by atoms with E-state index in [1.165, 1.54) is 44.9 Å². The van der Waals surface area contributed by atoms with E-state index in [-0.39, 0.29) is 11.8 Å². The Morgan fingerprint density at radius 2 is 1.76 bits per heavy atom. The van der Waals surface area contributed by atoms with Crippen LogP contribution in [0.25, 0.3) is 5.69 Å². The van der Waals surface area contributed by atoms with E-state index in [0.717, 1.165) is 35.3 Å². The number of nitrogens with zero attached hydrogens (tertiary/aromatic N) is 5. The summed E-state index contributed by atoms with van der Waals surface area (Å²) in [5.41, 5.74) is 3.16. The SMILES string of the molecule is Cc1c(C(=O)N(C)C[C@@H]2CCCC2C2CCCC2)nnn1-c1ccc(CCC(=O)N2CCOCC2)cc1. The summed E-state index contributed by atoms with van der Waals surface area (Å²) in [5, 5.41) is 8.59. The zero-order valence-electron chi connectivity index (χ0n) is 22.4. The maximum atomic E-state index is 13.3. The molecular formula is C29H41N5O3. The summed E-state index contributed by atoms with van der Waals surface area (Å²) < 4.78 is 7.07. The van der Waals surface area contributed by atoms with Gasteiger partial charge in [0.25, 0.3) is 5.91 Å². The first-order chi connectivity index (χ1) is 18.0. The van der Waals surface area contributed by atoms with Gasteiger partial charge in [0.2, 0.25) is 5.91 Å². The highest BCUT2D eigenvalue weighted by Gasteiger charge is 2.36. The zero-order valence-corrected chi connectivity index (χ0v) is 22.4. The van der Waals surface area contributed by atoms with E-state index in [9.17, 15) is 9.59 Å². The molecule has 0 bridgehead atoms. The molecule has 2 aromatic rings. The highest BCUT2D eigenvalue weighted by Crippen LogP contribution is 2.44. The molecule has 8 heteroatoms. The summed E-state index contributed by atoms with van der Waals surface area (Å²) in [6.45, 7) is 5.33. The summed E-state index contributed by atoms with van der Waals surface area (Å²) in [4.78, 5) is 29.5. The number of hydrogen-bond acceptors (Lipinski definition) is 5. The van der Waals surface area contributed by atoms with Crippen molar-refractivity contribution in [1.29, 1.82) is 0 Å². The number of carbonyl (C=O) groups is 2. The Labute approximate surface area is 220 Å². The summed E-state index contributed by atoms with van der Waals surface area (Å²) in [6.07, 6.45) is 10.5. The third-order valence-electron chi connectivity index (χ3n) is 8.85. The van der Waals surface area contributed by atoms with Crippen LogP contribution in [-0.2, 0) is 16.0 Å². The second kappa shape index (κ2) is 11.8. The minimum Gasteiger partial charge on any atom is -0.378 e. The molecule has 5 rings (SSSR count). The van der Waals surface area contributed by atoms with Gasteiger partial charge in [0, 0.05) is 33.1 Å². The Hall–Kier alpha value is -2.74. The third-order valence-corrected chi connectivity index (χ3v) is 8.85. The van der Waals surface area contributed by atoms with E-state index in [4.69, 9.17) is 4.74 Å². The van der Waals surface area contributed by atoms with E-state index in [1.807, 2.05) is 48.0 Å². The summed E-state index contributed by atoms with van der Waals surface area (Å²) in [5.74, 6) is 2.38. The van der Waals surface area contributed by atoms with Crippen molar-refractivity contribution >= 4 is 11.8 Å². The molecular weight excluding hydrogens is 466 g/mol. The maximum absolute atomic E-state index is 13.3. The van der Waals surface area contributed by atoms with Gasteiger partial charge in [-0.1, -0.05) is 49.5 Å². The lowest BCUT2D eigenvalue weighted by molar-refractivity contribution is -0.135. The molecule has 8 nitrogen and oxygen atoms in total. The number of carbonyl (C=O) groups excluding carboxylic acids is 2. The van der Waals surface area contributed by atoms with Crippen LogP contribution < -0.4 is 0 Å². The molecule has 2 amide bonds. The van der Waals surface area contributed by atoms with Gasteiger partial charge in [0.1, 0.15) is 0 Å². The number of hydrogen-bond donors (Lipinski definition) is 0. The van der Waals surface area contributed by atoms with Crippen molar-refractivity contribution in [3.05, 3.63) is 41.2 Å². The van der Waals surface area contributed by atoms with Crippen LogP contribution in [0.1, 0.15) is 73.1 Å². The van der Waals surface area contributed by atoms with Gasteiger partial charge in [-0.25, -0.2) is 4.68 Å². The third kappa shape index (κ3) is 5.89. The predicted molar refractivity (Wildman–Crippen MR) is 142 cm³/mol. The van der Waals surface area contributed by atoms with E-state index >= 15 is 0 Å². The summed E-state index contributed by atoms with van der Waals surface area (Å²) in [6, 6.07) is 8.03. The zero-order chi connectivity index (χ0) is 25.8. The van der Waals surface area contributed by atoms with Crippen LogP contribution in [0.3, 0.4) is 0 Å². The lowest BCUT2D eigenvalue weighted by atomic mass is 9.82. The van der Waals surface area contributed by atoms with Crippen LogP contribution in [0, 0.1) is 24.7 Å². The standard InChI is InChI=1S/C29H41N5O3/c1-21-28(29(36)32(2)20-24-8-5-9-26(24)23-6-3-4-7-23)30-31-34(21)25-13-10-22(11-14-25)12-15-27(35)33-16-18-37-19-17-33/h10-11,13-14,23-24,26H,3-9,12,15-20H2,1-2H3/t24-,26?/m0/s1. The number of ether oxygens (including phenoxy) is 1. The van der Waals surface area contributed by atoms with Gasteiger partial charge >= 0.3 is 0 Å². The highest BCUT2D eigenvalue weighted by molar-refractivity contribution is 5.93. The number of aromatic nitrogens is 3. The quantitative estimate of drug-likeness (QED) is 0.539. The fourth-order valence-corrected chi connectivity index (χ4v) is 6.71. The van der Waals surface area contributed by atoms with Crippen molar-refractivity contribution in [2.45, 2.75) is 64.7 Å². The van der Waals surface area contributed by atoms with Gasteiger partial charge in [-0.2, -0.15) is 0 Å². The Morgan fingerprint density at radius 1 is 1.03 bits per heavy atom. The number of benzene rings is 1. The topological polar surface area (TPSA) is 80.6 Å². The number of aryl methyl sites for hydroxylation is 1. The first-order valence-corrected chi connectivity index (χ1v) is 14.1. The van der Waals surface area contributed by atoms with Gasteiger partial charge < -0.3 is 14.5 Å². The monoisotopic (exact) mass is 507 g/mol. The van der Waals surface area contributed by atoms with Crippen LogP contribution in [0.5, 0.6) is 0 Å². The Bertz CT molecular complexity index is 1070. The van der Waals surface area contributed by atoms with Crippen LogP contribution in [-0.4, -0.2) is 76.5 Å². The van der Waals surface area contributed by atoms with Crippen molar-refractivity contribution in [2.24, 2.45) is 17.8 Å². The first kappa shape index (κ1) is 25.9. The molecule has 0 N–H and O–H groups in total. The Balaban J connectivity index is 1.18. The van der Waals surface area contributed by atoms with Crippen LogP contribution in [0.2, 0.25) is 0 Å². The van der Waals surface area contributed by atoms with Crippen LogP contribution in [0.4, 0.5) is 0 Å². The van der Waals surface area contributed by atoms with Gasteiger partial charge in [0.15, 0.2) is 5.69 Å². The molecule has 3 fully saturated rings. The van der Waals surface area contributed by atoms with Crippen molar-refractivity contribution < 1.29 is 14.3 Å². The molecule has 2 aliphatic carbocycles. The molecule has 2 saturated carbocycles. The van der Waals surface area contributed by atoms with E-state index in [2.05, 4.69) is 10.3 Å². The largest absolute Gasteiger partial charge is 0.378 e. The molecule has 1 aromatic carbocycles. The second-order valence-electron chi connectivity index (χ2n) is 11.2. The number of morpholine rings is 1. The molecule has 0 radical (unpaired) electrons. The van der Waals surface area contributed by atoms with Crippen molar-refractivity contribution in [2.75, 3.05) is 39.9 Å². The Kier molecular flexibility index (Phi) is 8.23. The van der Waals surface area contributed by atoms with Gasteiger partial charge in [-0.15, -0.1) is 5.10 Å². The molecule has 200 valence electrons. The van der Waals surface area contributed by atoms with Crippen molar-refractivity contribution in [3.8, 4) is 5.69 Å². The van der Waals surface area contributed by atoms with Gasteiger partial charge in [-0.3, -0.25) is 9.59 Å². The molecule has 3 aliphatic rings.